The highest BCUT2D eigenvalue weighted by atomic mass is 16.6. The van der Waals surface area contributed by atoms with E-state index < -0.39 is 35.4 Å². The van der Waals surface area contributed by atoms with Crippen molar-refractivity contribution >= 4 is 12.1 Å². The van der Waals surface area contributed by atoms with Crippen LogP contribution in [0.2, 0.25) is 0 Å². The fourth-order valence-electron chi connectivity index (χ4n) is 2.72. The van der Waals surface area contributed by atoms with Crippen molar-refractivity contribution in [2.75, 3.05) is 0 Å². The van der Waals surface area contributed by atoms with Crippen LogP contribution >= 0.6 is 0 Å². The molecule has 2 N–H and O–H groups in total. The van der Waals surface area contributed by atoms with Crippen LogP contribution in [0.15, 0.2) is 60.7 Å². The van der Waals surface area contributed by atoms with Gasteiger partial charge in [0.1, 0.15) is 5.60 Å². The van der Waals surface area contributed by atoms with E-state index in [0.29, 0.717) is 0 Å². The van der Waals surface area contributed by atoms with Crippen LogP contribution in [0.3, 0.4) is 0 Å². The van der Waals surface area contributed by atoms with Crippen molar-refractivity contribution in [2.24, 2.45) is 0 Å². The molecule has 0 spiro atoms. The van der Waals surface area contributed by atoms with Crippen LogP contribution in [0.1, 0.15) is 51.8 Å². The number of carbonyl (C=O) groups excluding carboxylic acids is 2. The molecule has 2 aromatic carbocycles. The second-order valence-electron chi connectivity index (χ2n) is 8.37. The Morgan fingerprint density at radius 3 is 1.69 bits per heavy atom. The third-order valence-corrected chi connectivity index (χ3v) is 4.04. The number of ether oxygens (including phenoxy) is 2. The van der Waals surface area contributed by atoms with E-state index >= 15 is 0 Å². The molecule has 1 amide bonds. The molecule has 0 heterocycles. The van der Waals surface area contributed by atoms with Gasteiger partial charge in [-0.05, 0) is 45.7 Å². The average Bonchev–Trinajstić information content (AvgIpc) is 2.63. The summed E-state index contributed by atoms with van der Waals surface area (Å²) in [6, 6.07) is 17.3. The Labute approximate surface area is 171 Å². The molecule has 0 fully saturated rings. The topological polar surface area (TPSA) is 84.9 Å². The largest absolute Gasteiger partial charge is 0.451 e. The summed E-state index contributed by atoms with van der Waals surface area (Å²) in [5, 5.41) is 12.9. The van der Waals surface area contributed by atoms with Crippen molar-refractivity contribution in [3.8, 4) is 0 Å². The molecule has 6 heteroatoms. The van der Waals surface area contributed by atoms with Gasteiger partial charge in [-0.2, -0.15) is 0 Å². The van der Waals surface area contributed by atoms with Gasteiger partial charge in [0, 0.05) is 0 Å². The van der Waals surface area contributed by atoms with Crippen molar-refractivity contribution in [2.45, 2.75) is 58.0 Å². The number of aliphatic hydroxyl groups is 1. The van der Waals surface area contributed by atoms with Gasteiger partial charge in [-0.15, -0.1) is 0 Å². The molecule has 2 rings (SSSR count). The summed E-state index contributed by atoms with van der Waals surface area (Å²) in [7, 11) is 0. The summed E-state index contributed by atoms with van der Waals surface area (Å²) in [6.45, 7) is 7.99. The highest BCUT2D eigenvalue weighted by molar-refractivity contribution is 5.83. The van der Waals surface area contributed by atoms with Crippen LogP contribution in [0.5, 0.6) is 0 Å². The Bertz CT molecular complexity index is 767. The molecule has 0 aliphatic heterocycles. The first kappa shape index (κ1) is 22.4. The molecule has 0 bridgehead atoms. The molecular weight excluding hydrogens is 370 g/mol. The number of amides is 1. The minimum atomic E-state index is -1.56. The lowest BCUT2D eigenvalue weighted by atomic mass is 9.98. The van der Waals surface area contributed by atoms with Gasteiger partial charge in [-0.25, -0.2) is 9.59 Å². The van der Waals surface area contributed by atoms with Crippen molar-refractivity contribution in [3.63, 3.8) is 0 Å². The summed E-state index contributed by atoms with van der Waals surface area (Å²) >= 11 is 0. The number of hydrogen-bond donors (Lipinski definition) is 2. The fourth-order valence-corrected chi connectivity index (χ4v) is 2.72. The van der Waals surface area contributed by atoms with Gasteiger partial charge < -0.3 is 19.9 Å². The van der Waals surface area contributed by atoms with Crippen LogP contribution in [-0.2, 0) is 14.3 Å². The highest BCUT2D eigenvalue weighted by Crippen LogP contribution is 2.27. The van der Waals surface area contributed by atoms with Gasteiger partial charge >= 0.3 is 12.1 Å². The summed E-state index contributed by atoms with van der Waals surface area (Å²) in [5.74, 6) is -0.763. The molecule has 0 saturated carbocycles. The van der Waals surface area contributed by atoms with E-state index in [9.17, 15) is 14.7 Å². The Morgan fingerprint density at radius 1 is 0.862 bits per heavy atom. The van der Waals surface area contributed by atoms with Gasteiger partial charge in [0.05, 0.1) is 5.60 Å². The van der Waals surface area contributed by atoms with Gasteiger partial charge in [0.2, 0.25) is 0 Å². The molecule has 0 radical (unpaired) electrons. The van der Waals surface area contributed by atoms with Crippen LogP contribution in [0.4, 0.5) is 4.79 Å². The van der Waals surface area contributed by atoms with E-state index in [1.165, 1.54) is 13.8 Å². The number of carbonyl (C=O) groups is 2. The maximum Gasteiger partial charge on any atom is 0.408 e. The zero-order valence-corrected chi connectivity index (χ0v) is 17.5. The van der Waals surface area contributed by atoms with Crippen molar-refractivity contribution in [3.05, 3.63) is 71.8 Å². The first-order valence-electron chi connectivity index (χ1n) is 9.49. The van der Waals surface area contributed by atoms with E-state index in [4.69, 9.17) is 9.47 Å². The molecule has 2 aromatic rings. The van der Waals surface area contributed by atoms with Crippen LogP contribution in [0.25, 0.3) is 0 Å². The van der Waals surface area contributed by atoms with E-state index in [1.54, 1.807) is 20.8 Å². The van der Waals surface area contributed by atoms with E-state index in [1.807, 2.05) is 60.7 Å². The molecule has 0 aliphatic carbocycles. The standard InChI is InChI=1S/C23H29NO5/c1-22(2,3)29-21(26)24-19(23(4,5)27)20(25)28-18(16-12-8-6-9-13-16)17-14-10-7-11-15-17/h6-15,18-19,27H,1-5H3,(H,24,26)/t19-/m1/s1. The third kappa shape index (κ3) is 6.91. The average molecular weight is 399 g/mol. The van der Waals surface area contributed by atoms with E-state index in [0.717, 1.165) is 11.1 Å². The molecule has 29 heavy (non-hydrogen) atoms. The third-order valence-electron chi connectivity index (χ3n) is 4.04. The van der Waals surface area contributed by atoms with Crippen LogP contribution in [0, 0.1) is 0 Å². The minimum absolute atomic E-state index is 0.685. The molecule has 0 aromatic heterocycles. The number of hydrogen-bond acceptors (Lipinski definition) is 5. The fraction of sp³-hybridized carbons (Fsp3) is 0.391. The first-order chi connectivity index (χ1) is 13.5. The SMILES string of the molecule is CC(C)(C)OC(=O)N[C@H](C(=O)OC(c1ccccc1)c1ccccc1)C(C)(C)O. The molecule has 0 aliphatic rings. The Kier molecular flexibility index (Phi) is 7.03. The normalized spacial score (nSPS) is 12.9. The van der Waals surface area contributed by atoms with Gasteiger partial charge in [-0.1, -0.05) is 60.7 Å². The van der Waals surface area contributed by atoms with Crippen LogP contribution < -0.4 is 5.32 Å². The molecule has 0 unspecified atom stereocenters. The van der Waals surface area contributed by atoms with Crippen molar-refractivity contribution in [1.82, 2.24) is 5.32 Å². The van der Waals surface area contributed by atoms with E-state index in [2.05, 4.69) is 5.32 Å². The van der Waals surface area contributed by atoms with Gasteiger partial charge in [0.15, 0.2) is 12.1 Å². The van der Waals surface area contributed by atoms with Crippen LogP contribution in [-0.4, -0.2) is 34.4 Å². The number of rotatable bonds is 6. The van der Waals surface area contributed by atoms with E-state index in [-0.39, 0.29) is 0 Å². The number of esters is 1. The number of alkyl carbamates (subject to hydrolysis) is 1. The number of benzene rings is 2. The lowest BCUT2D eigenvalue weighted by molar-refractivity contribution is -0.156. The zero-order valence-electron chi connectivity index (χ0n) is 17.5. The number of nitrogens with one attached hydrogen (secondary N) is 1. The second kappa shape index (κ2) is 9.09. The Balaban J connectivity index is 2.28. The summed E-state index contributed by atoms with van der Waals surface area (Å²) < 4.78 is 11.0. The van der Waals surface area contributed by atoms with Crippen molar-refractivity contribution in [1.29, 1.82) is 0 Å². The summed E-state index contributed by atoms with van der Waals surface area (Å²) in [4.78, 5) is 25.2. The van der Waals surface area contributed by atoms with Gasteiger partial charge in [-0.3, -0.25) is 0 Å². The molecule has 156 valence electrons. The quantitative estimate of drug-likeness (QED) is 0.718. The predicted molar refractivity (Wildman–Crippen MR) is 110 cm³/mol. The minimum Gasteiger partial charge on any atom is -0.451 e. The molecule has 6 nitrogen and oxygen atoms in total. The smallest absolute Gasteiger partial charge is 0.408 e. The predicted octanol–water partition coefficient (Wildman–Crippen LogP) is 3.98. The summed E-state index contributed by atoms with van der Waals surface area (Å²) in [6.07, 6.45) is -1.49. The Hall–Kier alpha value is -2.86. The van der Waals surface area contributed by atoms with Gasteiger partial charge in [0.25, 0.3) is 0 Å². The van der Waals surface area contributed by atoms with Crippen molar-refractivity contribution < 1.29 is 24.2 Å². The maximum absolute atomic E-state index is 13.0. The molecular formula is C23H29NO5. The zero-order chi connectivity index (χ0) is 21.7. The maximum atomic E-state index is 13.0. The highest BCUT2D eigenvalue weighted by Gasteiger charge is 2.38. The lowest BCUT2D eigenvalue weighted by Gasteiger charge is -2.31. The Morgan fingerprint density at radius 2 is 1.31 bits per heavy atom. The lowest BCUT2D eigenvalue weighted by Crippen LogP contribution is -2.55. The monoisotopic (exact) mass is 399 g/mol. The first-order valence-corrected chi connectivity index (χ1v) is 9.49. The molecule has 0 saturated heterocycles. The molecule has 1 atom stereocenters. The second-order valence-corrected chi connectivity index (χ2v) is 8.37. The summed E-state index contributed by atoms with van der Waals surface area (Å²) in [5.41, 5.74) is -0.752.